The Hall–Kier alpha value is -1.85. The van der Waals surface area contributed by atoms with Crippen molar-refractivity contribution in [3.63, 3.8) is 0 Å². The predicted octanol–water partition coefficient (Wildman–Crippen LogP) is 1.17. The summed E-state index contributed by atoms with van der Waals surface area (Å²) in [6.07, 6.45) is 1.78. The molecule has 0 saturated heterocycles. The number of amides is 1. The zero-order valence-electron chi connectivity index (χ0n) is 10.9. The van der Waals surface area contributed by atoms with E-state index >= 15 is 0 Å². The average Bonchev–Trinajstić information content (AvgIpc) is 2.98. The molecular formula is C12H18N4O2. The van der Waals surface area contributed by atoms with Crippen LogP contribution in [0, 0.1) is 5.92 Å². The molecule has 6 nitrogen and oxygen atoms in total. The number of carbonyl (C=O) groups is 1. The van der Waals surface area contributed by atoms with E-state index in [4.69, 9.17) is 4.84 Å². The third-order valence-electron chi connectivity index (χ3n) is 2.98. The molecule has 6 heteroatoms. The van der Waals surface area contributed by atoms with Crippen molar-refractivity contribution in [1.82, 2.24) is 15.1 Å². The standard InChI is InChI=1S/C12H18N4O2/c1-8(2)10-6-11(18-15-10)12(17)16(3)7-9-4-5-13-14-9/h4-5,8,11H,6-7H2,1-3H3,(H,13,14). The number of nitrogens with one attached hydrogen (secondary N) is 1. The zero-order valence-corrected chi connectivity index (χ0v) is 10.9. The molecular weight excluding hydrogens is 232 g/mol. The van der Waals surface area contributed by atoms with Gasteiger partial charge in [0.05, 0.1) is 18.0 Å². The van der Waals surface area contributed by atoms with Gasteiger partial charge in [0, 0.05) is 19.7 Å². The molecule has 2 heterocycles. The topological polar surface area (TPSA) is 70.6 Å². The van der Waals surface area contributed by atoms with Crippen LogP contribution < -0.4 is 0 Å². The maximum Gasteiger partial charge on any atom is 0.266 e. The average molecular weight is 250 g/mol. The smallest absolute Gasteiger partial charge is 0.266 e. The van der Waals surface area contributed by atoms with Crippen LogP contribution in [0.3, 0.4) is 0 Å². The largest absolute Gasteiger partial charge is 0.382 e. The van der Waals surface area contributed by atoms with E-state index in [1.165, 1.54) is 0 Å². The SMILES string of the molecule is CC(C)C1=NOC(C(=O)N(C)Cc2ccn[nH]2)C1. The van der Waals surface area contributed by atoms with E-state index in [1.807, 2.05) is 19.9 Å². The molecule has 1 aromatic heterocycles. The molecule has 98 valence electrons. The highest BCUT2D eigenvalue weighted by atomic mass is 16.6. The summed E-state index contributed by atoms with van der Waals surface area (Å²) in [5, 5.41) is 10.6. The van der Waals surface area contributed by atoms with E-state index in [0.717, 1.165) is 11.4 Å². The fourth-order valence-corrected chi connectivity index (χ4v) is 1.82. The van der Waals surface area contributed by atoms with Crippen LogP contribution in [0.2, 0.25) is 0 Å². The monoisotopic (exact) mass is 250 g/mol. The van der Waals surface area contributed by atoms with Crippen molar-refractivity contribution < 1.29 is 9.63 Å². The maximum absolute atomic E-state index is 12.1. The summed E-state index contributed by atoms with van der Waals surface area (Å²) in [5.41, 5.74) is 1.84. The van der Waals surface area contributed by atoms with Crippen molar-refractivity contribution in [3.05, 3.63) is 18.0 Å². The lowest BCUT2D eigenvalue weighted by Crippen LogP contribution is -2.36. The highest BCUT2D eigenvalue weighted by molar-refractivity contribution is 5.93. The summed E-state index contributed by atoms with van der Waals surface area (Å²) in [4.78, 5) is 19.0. The van der Waals surface area contributed by atoms with Gasteiger partial charge in [0.25, 0.3) is 5.91 Å². The molecule has 0 aromatic carbocycles. The van der Waals surface area contributed by atoms with E-state index in [1.54, 1.807) is 18.1 Å². The van der Waals surface area contributed by atoms with Crippen LogP contribution in [0.25, 0.3) is 0 Å². The Balaban J connectivity index is 1.89. The minimum Gasteiger partial charge on any atom is -0.382 e. The van der Waals surface area contributed by atoms with Gasteiger partial charge >= 0.3 is 0 Å². The van der Waals surface area contributed by atoms with E-state index in [2.05, 4.69) is 15.4 Å². The molecule has 0 radical (unpaired) electrons. The molecule has 1 aliphatic rings. The van der Waals surface area contributed by atoms with Gasteiger partial charge in [-0.05, 0) is 12.0 Å². The predicted molar refractivity (Wildman–Crippen MR) is 66.8 cm³/mol. The van der Waals surface area contributed by atoms with Crippen molar-refractivity contribution in [2.75, 3.05) is 7.05 Å². The Labute approximate surface area is 106 Å². The number of nitrogens with zero attached hydrogens (tertiary/aromatic N) is 3. The summed E-state index contributed by atoms with van der Waals surface area (Å²) in [7, 11) is 1.75. The minimum atomic E-state index is -0.477. The molecule has 1 amide bonds. The molecule has 1 aromatic rings. The van der Waals surface area contributed by atoms with Crippen LogP contribution in [0.15, 0.2) is 17.4 Å². The maximum atomic E-state index is 12.1. The molecule has 1 N–H and O–H groups in total. The number of aromatic amines is 1. The van der Waals surface area contributed by atoms with Gasteiger partial charge < -0.3 is 9.74 Å². The second-order valence-corrected chi connectivity index (χ2v) is 4.81. The lowest BCUT2D eigenvalue weighted by Gasteiger charge is -2.19. The normalized spacial score (nSPS) is 18.7. The van der Waals surface area contributed by atoms with Gasteiger partial charge in [-0.1, -0.05) is 19.0 Å². The van der Waals surface area contributed by atoms with Crippen LogP contribution in [0.4, 0.5) is 0 Å². The first-order chi connectivity index (χ1) is 8.58. The van der Waals surface area contributed by atoms with Crippen LogP contribution in [-0.4, -0.2) is 39.9 Å². The number of hydrogen-bond donors (Lipinski definition) is 1. The number of H-pyrrole nitrogens is 1. The first-order valence-corrected chi connectivity index (χ1v) is 6.03. The first-order valence-electron chi connectivity index (χ1n) is 6.03. The zero-order chi connectivity index (χ0) is 13.1. The number of likely N-dealkylation sites (N-methyl/N-ethyl adjacent to an activating group) is 1. The van der Waals surface area contributed by atoms with Gasteiger partial charge in [0.2, 0.25) is 6.10 Å². The lowest BCUT2D eigenvalue weighted by molar-refractivity contribution is -0.141. The van der Waals surface area contributed by atoms with Crippen LogP contribution >= 0.6 is 0 Å². The van der Waals surface area contributed by atoms with Crippen molar-refractivity contribution >= 4 is 11.6 Å². The molecule has 18 heavy (non-hydrogen) atoms. The second kappa shape index (κ2) is 5.20. The van der Waals surface area contributed by atoms with E-state index < -0.39 is 6.10 Å². The Morgan fingerprint density at radius 2 is 2.44 bits per heavy atom. The van der Waals surface area contributed by atoms with Crippen molar-refractivity contribution in [2.45, 2.75) is 32.9 Å². The number of hydrogen-bond acceptors (Lipinski definition) is 4. The molecule has 0 fully saturated rings. The summed E-state index contributed by atoms with van der Waals surface area (Å²) < 4.78 is 0. The van der Waals surface area contributed by atoms with Gasteiger partial charge in [-0.25, -0.2) is 0 Å². The van der Waals surface area contributed by atoms with Crippen molar-refractivity contribution in [1.29, 1.82) is 0 Å². The molecule has 0 bridgehead atoms. The molecule has 1 aliphatic heterocycles. The van der Waals surface area contributed by atoms with Crippen LogP contribution in [0.1, 0.15) is 26.0 Å². The fourth-order valence-electron chi connectivity index (χ4n) is 1.82. The Bertz CT molecular complexity index is 439. The van der Waals surface area contributed by atoms with E-state index in [9.17, 15) is 4.79 Å². The number of carbonyl (C=O) groups excluding carboxylic acids is 1. The highest BCUT2D eigenvalue weighted by Crippen LogP contribution is 2.18. The Kier molecular flexibility index (Phi) is 3.64. The summed E-state index contributed by atoms with van der Waals surface area (Å²) in [5.74, 6) is 0.268. The van der Waals surface area contributed by atoms with Crippen LogP contribution in [0.5, 0.6) is 0 Å². The highest BCUT2D eigenvalue weighted by Gasteiger charge is 2.31. The van der Waals surface area contributed by atoms with Gasteiger partial charge in [-0.15, -0.1) is 0 Å². The fraction of sp³-hybridized carbons (Fsp3) is 0.583. The van der Waals surface area contributed by atoms with Gasteiger partial charge in [-0.2, -0.15) is 5.10 Å². The molecule has 0 spiro atoms. The second-order valence-electron chi connectivity index (χ2n) is 4.81. The Morgan fingerprint density at radius 1 is 1.67 bits per heavy atom. The van der Waals surface area contributed by atoms with Gasteiger partial charge in [0.15, 0.2) is 0 Å². The third kappa shape index (κ3) is 2.69. The van der Waals surface area contributed by atoms with Gasteiger partial charge in [0.1, 0.15) is 0 Å². The van der Waals surface area contributed by atoms with Crippen molar-refractivity contribution in [3.8, 4) is 0 Å². The Morgan fingerprint density at radius 3 is 3.00 bits per heavy atom. The number of rotatable bonds is 4. The van der Waals surface area contributed by atoms with Gasteiger partial charge in [-0.3, -0.25) is 9.89 Å². The molecule has 1 atom stereocenters. The number of aromatic nitrogens is 2. The third-order valence-corrected chi connectivity index (χ3v) is 2.98. The summed E-state index contributed by atoms with van der Waals surface area (Å²) >= 11 is 0. The molecule has 1 unspecified atom stereocenters. The molecule has 2 rings (SSSR count). The van der Waals surface area contributed by atoms with E-state index in [-0.39, 0.29) is 5.91 Å². The molecule has 0 saturated carbocycles. The number of oxime groups is 1. The minimum absolute atomic E-state index is 0.0519. The lowest BCUT2D eigenvalue weighted by atomic mass is 10.0. The summed E-state index contributed by atoms with van der Waals surface area (Å²) in [6, 6.07) is 1.84. The quantitative estimate of drug-likeness (QED) is 0.872. The van der Waals surface area contributed by atoms with Crippen molar-refractivity contribution in [2.24, 2.45) is 11.1 Å². The molecule has 0 aliphatic carbocycles. The summed E-state index contributed by atoms with van der Waals surface area (Å²) in [6.45, 7) is 4.59. The first kappa shape index (κ1) is 12.6. The van der Waals surface area contributed by atoms with E-state index in [0.29, 0.717) is 18.9 Å². The van der Waals surface area contributed by atoms with Crippen LogP contribution in [-0.2, 0) is 16.2 Å².